The molecule has 2 aromatic heterocycles. The van der Waals surface area contributed by atoms with Crippen molar-refractivity contribution in [1.82, 2.24) is 15.3 Å². The Bertz CT molecular complexity index is 1260. The maximum absolute atomic E-state index is 14.5. The molecule has 1 amide bonds. The summed E-state index contributed by atoms with van der Waals surface area (Å²) in [5.41, 5.74) is 0.743. The van der Waals surface area contributed by atoms with Crippen molar-refractivity contribution in [2.24, 2.45) is 0 Å². The van der Waals surface area contributed by atoms with Crippen LogP contribution in [0.15, 0.2) is 36.5 Å². The van der Waals surface area contributed by atoms with E-state index in [4.69, 9.17) is 4.74 Å². The van der Waals surface area contributed by atoms with E-state index < -0.39 is 23.1 Å². The minimum atomic E-state index is -0.852. The number of ether oxygens (including phenoxy) is 1. The van der Waals surface area contributed by atoms with Crippen LogP contribution in [0.1, 0.15) is 21.6 Å². The smallest absolute Gasteiger partial charge is 0.255 e. The molecule has 0 atom stereocenters. The van der Waals surface area contributed by atoms with E-state index in [1.165, 1.54) is 6.07 Å². The molecule has 3 aromatic rings. The molecular weight excluding hydrogens is 430 g/mol. The molecule has 0 saturated carbocycles. The van der Waals surface area contributed by atoms with E-state index in [-0.39, 0.29) is 29.1 Å². The van der Waals surface area contributed by atoms with Crippen molar-refractivity contribution in [3.05, 3.63) is 65.0 Å². The molecule has 5 rings (SSSR count). The van der Waals surface area contributed by atoms with Crippen LogP contribution >= 0.6 is 0 Å². The van der Waals surface area contributed by atoms with E-state index >= 15 is 0 Å². The first kappa shape index (κ1) is 20.8. The number of halogens is 2. The fourth-order valence-electron chi connectivity index (χ4n) is 3.99. The molecule has 0 spiro atoms. The van der Waals surface area contributed by atoms with Gasteiger partial charge in [-0.15, -0.1) is 0 Å². The Hall–Kier alpha value is -4.10. The minimum Gasteiger partial charge on any atom is -0.378 e. The maximum Gasteiger partial charge on any atom is 0.255 e. The van der Waals surface area contributed by atoms with E-state index in [9.17, 15) is 18.8 Å². The predicted molar refractivity (Wildman–Crippen MR) is 116 cm³/mol. The number of aromatic nitrogens is 2. The van der Waals surface area contributed by atoms with Gasteiger partial charge < -0.3 is 20.3 Å². The summed E-state index contributed by atoms with van der Waals surface area (Å²) in [6, 6.07) is 8.97. The number of hydrogen-bond acceptors (Lipinski definition) is 7. The van der Waals surface area contributed by atoms with Crippen molar-refractivity contribution in [3.8, 4) is 17.3 Å². The highest BCUT2D eigenvalue weighted by atomic mass is 19.1. The molecule has 4 heterocycles. The zero-order chi connectivity index (χ0) is 22.9. The molecule has 1 aromatic carbocycles. The Morgan fingerprint density at radius 1 is 1.12 bits per heavy atom. The molecule has 10 heteroatoms. The van der Waals surface area contributed by atoms with Crippen LogP contribution in [0.2, 0.25) is 0 Å². The summed E-state index contributed by atoms with van der Waals surface area (Å²) in [6.07, 6.45) is 1.68. The summed E-state index contributed by atoms with van der Waals surface area (Å²) < 4.78 is 34.4. The molecular formula is C23H18F2N6O2. The average molecular weight is 448 g/mol. The van der Waals surface area contributed by atoms with Crippen molar-refractivity contribution in [3.63, 3.8) is 0 Å². The number of carbonyl (C=O) groups excluding carboxylic acids is 1. The van der Waals surface area contributed by atoms with Gasteiger partial charge in [-0.1, -0.05) is 6.07 Å². The van der Waals surface area contributed by atoms with Gasteiger partial charge in [0.25, 0.3) is 5.91 Å². The summed E-state index contributed by atoms with van der Waals surface area (Å²) in [6.45, 7) is 2.87. The lowest BCUT2D eigenvalue weighted by Gasteiger charge is -2.28. The van der Waals surface area contributed by atoms with E-state index in [1.54, 1.807) is 12.3 Å². The third-order valence-corrected chi connectivity index (χ3v) is 5.60. The molecule has 2 N–H and O–H groups in total. The number of amides is 1. The second-order valence-electron chi connectivity index (χ2n) is 7.55. The Balaban J connectivity index is 1.59. The molecule has 1 saturated heterocycles. The molecule has 1 fully saturated rings. The minimum absolute atomic E-state index is 0.0843. The lowest BCUT2D eigenvalue weighted by molar-refractivity contribution is 0.0966. The largest absolute Gasteiger partial charge is 0.378 e. The van der Waals surface area contributed by atoms with Crippen molar-refractivity contribution >= 4 is 23.1 Å². The number of morpholine rings is 1. The van der Waals surface area contributed by atoms with Crippen LogP contribution in [-0.2, 0) is 11.3 Å². The number of pyridine rings is 2. The fourth-order valence-corrected chi connectivity index (χ4v) is 3.99. The van der Waals surface area contributed by atoms with Crippen LogP contribution in [0, 0.1) is 23.0 Å². The van der Waals surface area contributed by atoms with E-state index in [0.717, 1.165) is 30.9 Å². The van der Waals surface area contributed by atoms with E-state index in [2.05, 4.69) is 25.5 Å². The number of carbonyl (C=O) groups is 1. The molecule has 2 aliphatic rings. The number of hydrogen-bond donors (Lipinski definition) is 2. The normalized spacial score (nSPS) is 15.1. The van der Waals surface area contributed by atoms with Crippen molar-refractivity contribution < 1.29 is 18.3 Å². The van der Waals surface area contributed by atoms with Crippen molar-refractivity contribution in [2.45, 2.75) is 6.54 Å². The summed E-state index contributed by atoms with van der Waals surface area (Å²) in [5.74, 6) is -1.76. The third kappa shape index (κ3) is 3.72. The highest BCUT2D eigenvalue weighted by molar-refractivity contribution is 6.05. The first-order valence-corrected chi connectivity index (χ1v) is 10.3. The zero-order valence-electron chi connectivity index (χ0n) is 17.4. The van der Waals surface area contributed by atoms with Gasteiger partial charge in [0.15, 0.2) is 0 Å². The fraction of sp³-hybridized carbons (Fsp3) is 0.217. The van der Waals surface area contributed by atoms with Gasteiger partial charge in [-0.25, -0.2) is 18.7 Å². The second-order valence-corrected chi connectivity index (χ2v) is 7.55. The van der Waals surface area contributed by atoms with Crippen molar-refractivity contribution in [1.29, 1.82) is 5.26 Å². The summed E-state index contributed by atoms with van der Waals surface area (Å²) in [5, 5.41) is 15.6. The zero-order valence-corrected chi connectivity index (χ0v) is 17.4. The van der Waals surface area contributed by atoms with Gasteiger partial charge in [-0.05, 0) is 24.3 Å². The predicted octanol–water partition coefficient (Wildman–Crippen LogP) is 3.12. The molecule has 8 nitrogen and oxygen atoms in total. The molecule has 0 aliphatic carbocycles. The van der Waals surface area contributed by atoms with Crippen LogP contribution in [-0.4, -0.2) is 42.2 Å². The topological polar surface area (TPSA) is 103 Å². The van der Waals surface area contributed by atoms with Crippen LogP contribution < -0.4 is 15.5 Å². The van der Waals surface area contributed by atoms with Crippen LogP contribution in [0.4, 0.5) is 26.0 Å². The SMILES string of the molecule is N#Cc1c(-c2c(F)cccc2F)nc2c(c1Nc1ccc(N3CCOCC3)cn1)C(=O)NC2. The Morgan fingerprint density at radius 2 is 1.88 bits per heavy atom. The summed E-state index contributed by atoms with van der Waals surface area (Å²) in [7, 11) is 0. The molecule has 0 radical (unpaired) electrons. The number of nitrogens with one attached hydrogen (secondary N) is 2. The lowest BCUT2D eigenvalue weighted by Crippen LogP contribution is -2.36. The molecule has 2 aliphatic heterocycles. The van der Waals surface area contributed by atoms with Gasteiger partial charge in [0.05, 0.1) is 59.8 Å². The lowest BCUT2D eigenvalue weighted by atomic mass is 9.99. The number of anilines is 3. The molecule has 33 heavy (non-hydrogen) atoms. The average Bonchev–Trinajstić information content (AvgIpc) is 3.20. The van der Waals surface area contributed by atoms with Gasteiger partial charge >= 0.3 is 0 Å². The number of fused-ring (bicyclic) bond motifs is 1. The third-order valence-electron chi connectivity index (χ3n) is 5.60. The van der Waals surface area contributed by atoms with Gasteiger partial charge in [-0.2, -0.15) is 5.26 Å². The van der Waals surface area contributed by atoms with Crippen LogP contribution in [0.25, 0.3) is 11.3 Å². The first-order valence-electron chi connectivity index (χ1n) is 10.3. The van der Waals surface area contributed by atoms with Gasteiger partial charge in [0, 0.05) is 13.1 Å². The highest BCUT2D eigenvalue weighted by Crippen LogP contribution is 2.37. The van der Waals surface area contributed by atoms with Crippen LogP contribution in [0.5, 0.6) is 0 Å². The Labute approximate surface area is 187 Å². The van der Waals surface area contributed by atoms with Gasteiger partial charge in [0.2, 0.25) is 0 Å². The Kier molecular flexibility index (Phi) is 5.32. The van der Waals surface area contributed by atoms with Crippen molar-refractivity contribution in [2.75, 3.05) is 36.5 Å². The number of rotatable bonds is 4. The van der Waals surface area contributed by atoms with Crippen LogP contribution in [0.3, 0.4) is 0 Å². The Morgan fingerprint density at radius 3 is 2.55 bits per heavy atom. The summed E-state index contributed by atoms with van der Waals surface area (Å²) in [4.78, 5) is 23.3. The van der Waals surface area contributed by atoms with E-state index in [1.807, 2.05) is 12.1 Å². The summed E-state index contributed by atoms with van der Waals surface area (Å²) >= 11 is 0. The first-order chi connectivity index (χ1) is 16.1. The van der Waals surface area contributed by atoms with Gasteiger partial charge in [-0.3, -0.25) is 4.79 Å². The molecule has 166 valence electrons. The second kappa shape index (κ2) is 8.44. The maximum atomic E-state index is 14.5. The quantitative estimate of drug-likeness (QED) is 0.632. The standard InChI is InChI=1S/C23H18F2N6O2/c24-15-2-1-3-16(25)19(15)21-14(10-26)22(20-17(29-21)12-28-23(20)32)30-18-5-4-13(11-27-18)31-6-8-33-9-7-31/h1-5,11H,6-9,12H2,(H,28,32)(H,27,29,30). The van der Waals surface area contributed by atoms with E-state index in [0.29, 0.717) is 24.7 Å². The molecule has 0 bridgehead atoms. The number of nitriles is 1. The number of nitrogens with zero attached hydrogens (tertiary/aromatic N) is 4. The molecule has 0 unspecified atom stereocenters. The number of benzene rings is 1. The highest BCUT2D eigenvalue weighted by Gasteiger charge is 2.31. The van der Waals surface area contributed by atoms with Gasteiger partial charge in [0.1, 0.15) is 29.1 Å². The monoisotopic (exact) mass is 448 g/mol.